The second-order valence-corrected chi connectivity index (χ2v) is 4.53. The maximum atomic E-state index is 11.9. The number of esters is 1. The maximum Gasteiger partial charge on any atom is 0.336 e. The molecule has 0 heterocycles. The lowest BCUT2D eigenvalue weighted by molar-refractivity contribution is -0.128. The molecule has 0 aromatic heterocycles. The van der Waals surface area contributed by atoms with Crippen LogP contribution >= 0.6 is 0 Å². The molecule has 120 valence electrons. The molecule has 0 N–H and O–H groups in total. The molecule has 0 radical (unpaired) electrons. The molecule has 0 amide bonds. The summed E-state index contributed by atoms with van der Waals surface area (Å²) in [5, 5.41) is 0. The van der Waals surface area contributed by atoms with Crippen LogP contribution in [0.1, 0.15) is 5.56 Å². The Bertz CT molecular complexity index is 667. The summed E-state index contributed by atoms with van der Waals surface area (Å²) >= 11 is 0. The van der Waals surface area contributed by atoms with Crippen molar-refractivity contribution in [2.75, 3.05) is 21.3 Å². The van der Waals surface area contributed by atoms with Crippen LogP contribution in [0.15, 0.2) is 48.5 Å². The molecule has 5 heteroatoms. The monoisotopic (exact) mass is 314 g/mol. The average molecular weight is 314 g/mol. The Morgan fingerprint density at radius 3 is 2.04 bits per heavy atom. The smallest absolute Gasteiger partial charge is 0.336 e. The molecule has 0 unspecified atom stereocenters. The van der Waals surface area contributed by atoms with Gasteiger partial charge >= 0.3 is 5.97 Å². The van der Waals surface area contributed by atoms with Crippen molar-refractivity contribution < 1.29 is 23.7 Å². The zero-order chi connectivity index (χ0) is 16.7. The SMILES string of the molecule is COc1cc(OC(=O)/C=C/c2ccccc2)cc(OC)c1OC. The van der Waals surface area contributed by atoms with Gasteiger partial charge in [-0.2, -0.15) is 0 Å². The summed E-state index contributed by atoms with van der Waals surface area (Å²) in [6.45, 7) is 0. The zero-order valence-corrected chi connectivity index (χ0v) is 13.2. The molecule has 0 aliphatic rings. The van der Waals surface area contributed by atoms with E-state index in [-0.39, 0.29) is 0 Å². The van der Waals surface area contributed by atoms with Gasteiger partial charge in [-0.25, -0.2) is 4.79 Å². The van der Waals surface area contributed by atoms with Crippen LogP contribution < -0.4 is 18.9 Å². The Morgan fingerprint density at radius 2 is 1.52 bits per heavy atom. The van der Waals surface area contributed by atoms with E-state index >= 15 is 0 Å². The first-order chi connectivity index (χ1) is 11.2. The Balaban J connectivity index is 2.16. The lowest BCUT2D eigenvalue weighted by Crippen LogP contribution is -2.05. The number of carbonyl (C=O) groups excluding carboxylic acids is 1. The predicted octanol–water partition coefficient (Wildman–Crippen LogP) is 3.33. The molecular formula is C18H18O5. The van der Waals surface area contributed by atoms with Gasteiger partial charge in [-0.15, -0.1) is 0 Å². The molecule has 0 saturated heterocycles. The standard InChI is InChI=1S/C18H18O5/c1-20-15-11-14(12-16(21-2)18(15)22-3)23-17(19)10-9-13-7-5-4-6-8-13/h4-12H,1-3H3/b10-9+. The molecule has 0 saturated carbocycles. The summed E-state index contributed by atoms with van der Waals surface area (Å²) in [6, 6.07) is 12.6. The van der Waals surface area contributed by atoms with Crippen molar-refractivity contribution in [3.8, 4) is 23.0 Å². The summed E-state index contributed by atoms with van der Waals surface area (Å²) in [7, 11) is 4.51. The lowest BCUT2D eigenvalue weighted by Gasteiger charge is -2.13. The highest BCUT2D eigenvalue weighted by Crippen LogP contribution is 2.40. The largest absolute Gasteiger partial charge is 0.493 e. The Morgan fingerprint density at radius 1 is 0.913 bits per heavy atom. The normalized spacial score (nSPS) is 10.4. The van der Waals surface area contributed by atoms with Crippen LogP contribution in [-0.4, -0.2) is 27.3 Å². The molecule has 0 fully saturated rings. The zero-order valence-electron chi connectivity index (χ0n) is 13.2. The molecule has 2 rings (SSSR count). The highest BCUT2D eigenvalue weighted by Gasteiger charge is 2.15. The molecule has 0 spiro atoms. The van der Waals surface area contributed by atoms with Gasteiger partial charge < -0.3 is 18.9 Å². The fourth-order valence-electron chi connectivity index (χ4n) is 1.99. The number of benzene rings is 2. The Kier molecular flexibility index (Phi) is 5.63. The quantitative estimate of drug-likeness (QED) is 0.465. The molecule has 0 aliphatic heterocycles. The Hall–Kier alpha value is -2.95. The molecule has 0 aliphatic carbocycles. The van der Waals surface area contributed by atoms with E-state index in [9.17, 15) is 4.79 Å². The molecule has 0 atom stereocenters. The van der Waals surface area contributed by atoms with Gasteiger partial charge in [-0.1, -0.05) is 30.3 Å². The molecule has 23 heavy (non-hydrogen) atoms. The maximum absolute atomic E-state index is 11.9. The number of methoxy groups -OCH3 is 3. The second kappa shape index (κ2) is 7.89. The van der Waals surface area contributed by atoms with Crippen LogP contribution in [0.3, 0.4) is 0 Å². The van der Waals surface area contributed by atoms with Crippen molar-refractivity contribution in [2.45, 2.75) is 0 Å². The summed E-state index contributed by atoms with van der Waals surface area (Å²) in [5.41, 5.74) is 0.911. The van der Waals surface area contributed by atoms with Gasteiger partial charge in [0.25, 0.3) is 0 Å². The average Bonchev–Trinajstić information content (AvgIpc) is 2.59. The van der Waals surface area contributed by atoms with Crippen LogP contribution in [0, 0.1) is 0 Å². The summed E-state index contributed by atoms with van der Waals surface area (Å²) in [6.07, 6.45) is 3.04. The van der Waals surface area contributed by atoms with Crippen molar-refractivity contribution in [2.24, 2.45) is 0 Å². The van der Waals surface area contributed by atoms with E-state index in [0.717, 1.165) is 5.56 Å². The van der Waals surface area contributed by atoms with Gasteiger partial charge in [0.1, 0.15) is 5.75 Å². The Labute approximate surface area is 135 Å². The summed E-state index contributed by atoms with van der Waals surface area (Å²) in [5.74, 6) is 1.09. The third kappa shape index (κ3) is 4.26. The van der Waals surface area contributed by atoms with E-state index in [1.807, 2.05) is 30.3 Å². The topological polar surface area (TPSA) is 54.0 Å². The number of rotatable bonds is 6. The van der Waals surface area contributed by atoms with Crippen LogP contribution in [0.2, 0.25) is 0 Å². The highest BCUT2D eigenvalue weighted by molar-refractivity contribution is 5.88. The third-order valence-corrected chi connectivity index (χ3v) is 3.07. The number of carbonyl (C=O) groups is 1. The predicted molar refractivity (Wildman–Crippen MR) is 87.2 cm³/mol. The lowest BCUT2D eigenvalue weighted by atomic mass is 10.2. The third-order valence-electron chi connectivity index (χ3n) is 3.07. The van der Waals surface area contributed by atoms with Gasteiger partial charge in [0, 0.05) is 18.2 Å². The minimum atomic E-state index is -0.497. The first kappa shape index (κ1) is 16.4. The molecule has 5 nitrogen and oxygen atoms in total. The fourth-order valence-corrected chi connectivity index (χ4v) is 1.99. The number of hydrogen-bond donors (Lipinski definition) is 0. The second-order valence-electron chi connectivity index (χ2n) is 4.53. The van der Waals surface area contributed by atoms with Crippen molar-refractivity contribution in [1.82, 2.24) is 0 Å². The van der Waals surface area contributed by atoms with Crippen molar-refractivity contribution in [3.63, 3.8) is 0 Å². The van der Waals surface area contributed by atoms with Crippen LogP contribution in [0.5, 0.6) is 23.0 Å². The molecule has 2 aromatic carbocycles. The van der Waals surface area contributed by atoms with E-state index in [4.69, 9.17) is 18.9 Å². The van der Waals surface area contributed by atoms with Crippen LogP contribution in [-0.2, 0) is 4.79 Å². The van der Waals surface area contributed by atoms with E-state index in [1.165, 1.54) is 27.4 Å². The molecule has 2 aromatic rings. The molecule has 0 bridgehead atoms. The van der Waals surface area contributed by atoms with Gasteiger partial charge in [-0.05, 0) is 11.6 Å². The highest BCUT2D eigenvalue weighted by atomic mass is 16.5. The van der Waals surface area contributed by atoms with E-state index < -0.39 is 5.97 Å². The van der Waals surface area contributed by atoms with Crippen LogP contribution in [0.25, 0.3) is 6.08 Å². The van der Waals surface area contributed by atoms with E-state index in [1.54, 1.807) is 18.2 Å². The minimum absolute atomic E-state index is 0.308. The summed E-state index contributed by atoms with van der Waals surface area (Å²) < 4.78 is 20.9. The van der Waals surface area contributed by atoms with Gasteiger partial charge in [-0.3, -0.25) is 0 Å². The molecular weight excluding hydrogens is 296 g/mol. The number of hydrogen-bond acceptors (Lipinski definition) is 5. The first-order valence-electron chi connectivity index (χ1n) is 6.93. The van der Waals surface area contributed by atoms with E-state index in [0.29, 0.717) is 23.0 Å². The fraction of sp³-hybridized carbons (Fsp3) is 0.167. The van der Waals surface area contributed by atoms with E-state index in [2.05, 4.69) is 0 Å². The van der Waals surface area contributed by atoms with Crippen molar-refractivity contribution in [1.29, 1.82) is 0 Å². The van der Waals surface area contributed by atoms with Crippen molar-refractivity contribution >= 4 is 12.0 Å². The van der Waals surface area contributed by atoms with Gasteiger partial charge in [0.05, 0.1) is 21.3 Å². The number of ether oxygens (including phenoxy) is 4. The van der Waals surface area contributed by atoms with Crippen molar-refractivity contribution in [3.05, 3.63) is 54.1 Å². The summed E-state index contributed by atoms with van der Waals surface area (Å²) in [4.78, 5) is 11.9. The minimum Gasteiger partial charge on any atom is -0.493 e. The van der Waals surface area contributed by atoms with Gasteiger partial charge in [0.15, 0.2) is 11.5 Å². The van der Waals surface area contributed by atoms with Crippen LogP contribution in [0.4, 0.5) is 0 Å². The first-order valence-corrected chi connectivity index (χ1v) is 6.93. The van der Waals surface area contributed by atoms with Gasteiger partial charge in [0.2, 0.25) is 5.75 Å².